The van der Waals surface area contributed by atoms with Crippen LogP contribution in [0.25, 0.3) is 0 Å². The van der Waals surface area contributed by atoms with Crippen LogP contribution in [0.5, 0.6) is 0 Å². The maximum atomic E-state index is 12.4. The Morgan fingerprint density at radius 1 is 1.46 bits per heavy atom. The number of carbonyl (C=O) groups is 2. The quantitative estimate of drug-likeness (QED) is 0.271. The van der Waals surface area contributed by atoms with Gasteiger partial charge in [0, 0.05) is 19.0 Å². The minimum absolute atomic E-state index is 0.0890. The summed E-state index contributed by atoms with van der Waals surface area (Å²) < 4.78 is 0. The third-order valence-electron chi connectivity index (χ3n) is 4.55. The van der Waals surface area contributed by atoms with Gasteiger partial charge in [-0.15, -0.1) is 6.58 Å². The van der Waals surface area contributed by atoms with Crippen LogP contribution >= 0.6 is 0 Å². The van der Waals surface area contributed by atoms with Crippen LogP contribution in [0.4, 0.5) is 0 Å². The molecule has 1 fully saturated rings. The smallest absolute Gasteiger partial charge is 0.451 e. The Balaban J connectivity index is 2.72. The molecule has 3 atom stereocenters. The molecule has 0 aromatic heterocycles. The third kappa shape index (κ3) is 5.30. The number of aliphatic carboxylic acids is 1. The van der Waals surface area contributed by atoms with Crippen molar-refractivity contribution in [3.8, 4) is 0 Å². The lowest BCUT2D eigenvalue weighted by Gasteiger charge is -2.25. The molecule has 136 valence electrons. The van der Waals surface area contributed by atoms with Crippen molar-refractivity contribution in [2.75, 3.05) is 13.1 Å². The Morgan fingerprint density at radius 3 is 2.58 bits per heavy atom. The molecule has 1 unspecified atom stereocenters. The molecule has 1 aliphatic heterocycles. The standard InChI is InChI=1S/C15H28BN3O5/c1-10(2)5-6-12(17)13(20)19-8-11(4-3-7-16(23)24)15(18,9-19)14(21)22/h11-12,23-24H,1,3-9,17-18H2,2H3,(H,21,22)/t11?,12-,15-/m0/s1. The first-order chi connectivity index (χ1) is 11.1. The SMILES string of the molecule is C=C(C)CC[C@H](N)C(=O)N1CC(CCCB(O)O)[C@](N)(C(=O)O)C1. The fourth-order valence-corrected chi connectivity index (χ4v) is 3.00. The first-order valence-electron chi connectivity index (χ1n) is 8.15. The lowest BCUT2D eigenvalue weighted by atomic mass is 9.78. The number of allylic oxidation sites excluding steroid dienone is 1. The summed E-state index contributed by atoms with van der Waals surface area (Å²) in [6.45, 7) is 5.75. The zero-order valence-corrected chi connectivity index (χ0v) is 14.1. The molecule has 0 aromatic carbocycles. The summed E-state index contributed by atoms with van der Waals surface area (Å²) in [7, 11) is -1.43. The number of hydrogen-bond acceptors (Lipinski definition) is 6. The van der Waals surface area contributed by atoms with Crippen molar-refractivity contribution in [2.24, 2.45) is 17.4 Å². The van der Waals surface area contributed by atoms with Gasteiger partial charge in [-0.1, -0.05) is 12.0 Å². The number of likely N-dealkylation sites (tertiary alicyclic amines) is 1. The van der Waals surface area contributed by atoms with Gasteiger partial charge in [-0.25, -0.2) is 0 Å². The van der Waals surface area contributed by atoms with Gasteiger partial charge in [0.25, 0.3) is 0 Å². The fourth-order valence-electron chi connectivity index (χ4n) is 3.00. The largest absolute Gasteiger partial charge is 0.480 e. The van der Waals surface area contributed by atoms with E-state index in [4.69, 9.17) is 21.5 Å². The predicted octanol–water partition coefficient (Wildman–Crippen LogP) is -0.836. The number of amides is 1. The summed E-state index contributed by atoms with van der Waals surface area (Å²) in [5.41, 5.74) is 11.3. The number of nitrogens with two attached hydrogens (primary N) is 2. The van der Waals surface area contributed by atoms with E-state index >= 15 is 0 Å². The Bertz CT molecular complexity index is 488. The normalized spacial score (nSPS) is 24.7. The minimum atomic E-state index is -1.54. The molecule has 24 heavy (non-hydrogen) atoms. The molecular formula is C15H28BN3O5. The Kier molecular flexibility index (Phi) is 7.40. The zero-order chi connectivity index (χ0) is 18.5. The van der Waals surface area contributed by atoms with E-state index in [9.17, 15) is 14.7 Å². The second kappa shape index (κ2) is 8.61. The number of carbonyl (C=O) groups excluding carboxylic acids is 1. The molecule has 0 saturated carbocycles. The van der Waals surface area contributed by atoms with Crippen LogP contribution < -0.4 is 11.5 Å². The highest BCUT2D eigenvalue weighted by molar-refractivity contribution is 6.40. The number of carboxylic acids is 1. The molecule has 9 heteroatoms. The highest BCUT2D eigenvalue weighted by atomic mass is 16.4. The maximum absolute atomic E-state index is 12.4. The minimum Gasteiger partial charge on any atom is -0.480 e. The summed E-state index contributed by atoms with van der Waals surface area (Å²) in [6.07, 6.45) is 2.03. The number of hydrogen-bond donors (Lipinski definition) is 5. The summed E-state index contributed by atoms with van der Waals surface area (Å²) in [5.74, 6) is -1.93. The highest BCUT2D eigenvalue weighted by Crippen LogP contribution is 2.31. The van der Waals surface area contributed by atoms with Crippen molar-refractivity contribution >= 4 is 19.0 Å². The molecule has 0 radical (unpaired) electrons. The van der Waals surface area contributed by atoms with E-state index in [2.05, 4.69) is 6.58 Å². The predicted molar refractivity (Wildman–Crippen MR) is 90.9 cm³/mol. The third-order valence-corrected chi connectivity index (χ3v) is 4.55. The van der Waals surface area contributed by atoms with Gasteiger partial charge in [0.1, 0.15) is 5.54 Å². The first-order valence-corrected chi connectivity index (χ1v) is 8.15. The molecule has 1 heterocycles. The van der Waals surface area contributed by atoms with E-state index in [0.717, 1.165) is 5.57 Å². The molecular weight excluding hydrogens is 313 g/mol. The van der Waals surface area contributed by atoms with Crippen molar-refractivity contribution in [2.45, 2.75) is 50.5 Å². The lowest BCUT2D eigenvalue weighted by Crippen LogP contribution is -2.55. The maximum Gasteiger partial charge on any atom is 0.451 e. The van der Waals surface area contributed by atoms with Crippen LogP contribution in [-0.2, 0) is 9.59 Å². The van der Waals surface area contributed by atoms with Gasteiger partial charge in [0.15, 0.2) is 0 Å². The van der Waals surface area contributed by atoms with Gasteiger partial charge in [-0.2, -0.15) is 0 Å². The highest BCUT2D eigenvalue weighted by Gasteiger charge is 2.50. The molecule has 1 aliphatic rings. The summed E-state index contributed by atoms with van der Waals surface area (Å²) >= 11 is 0. The Hall–Kier alpha value is -1.42. The van der Waals surface area contributed by atoms with Gasteiger partial charge < -0.3 is 31.5 Å². The van der Waals surface area contributed by atoms with Gasteiger partial charge >= 0.3 is 13.1 Å². The van der Waals surface area contributed by atoms with Crippen molar-refractivity contribution in [3.05, 3.63) is 12.2 Å². The van der Waals surface area contributed by atoms with Crippen LogP contribution in [0, 0.1) is 5.92 Å². The van der Waals surface area contributed by atoms with E-state index in [1.54, 1.807) is 0 Å². The van der Waals surface area contributed by atoms with E-state index < -0.39 is 30.6 Å². The number of nitrogens with zero attached hydrogens (tertiary/aromatic N) is 1. The second-order valence-electron chi connectivity index (χ2n) is 6.78. The molecule has 8 nitrogen and oxygen atoms in total. The molecule has 0 aliphatic carbocycles. The average Bonchev–Trinajstić information content (AvgIpc) is 2.82. The van der Waals surface area contributed by atoms with Gasteiger partial charge in [-0.3, -0.25) is 9.59 Å². The van der Waals surface area contributed by atoms with Crippen LogP contribution in [0.1, 0.15) is 32.6 Å². The monoisotopic (exact) mass is 341 g/mol. The number of carboxylic acid groups (broad SMARTS) is 1. The van der Waals surface area contributed by atoms with Crippen molar-refractivity contribution in [3.63, 3.8) is 0 Å². The summed E-state index contributed by atoms with van der Waals surface area (Å²) in [5, 5.41) is 27.3. The summed E-state index contributed by atoms with van der Waals surface area (Å²) in [6, 6.07) is -0.710. The van der Waals surface area contributed by atoms with Crippen LogP contribution in [0.15, 0.2) is 12.2 Å². The molecule has 7 N–H and O–H groups in total. The van der Waals surface area contributed by atoms with E-state index in [-0.39, 0.29) is 25.3 Å². The van der Waals surface area contributed by atoms with Gasteiger partial charge in [-0.05, 0) is 32.5 Å². The Morgan fingerprint density at radius 2 is 2.08 bits per heavy atom. The van der Waals surface area contributed by atoms with Crippen molar-refractivity contribution in [1.29, 1.82) is 0 Å². The molecule has 1 amide bonds. The molecule has 0 bridgehead atoms. The second-order valence-corrected chi connectivity index (χ2v) is 6.78. The van der Waals surface area contributed by atoms with Crippen LogP contribution in [0.3, 0.4) is 0 Å². The van der Waals surface area contributed by atoms with E-state index in [1.807, 2.05) is 6.92 Å². The van der Waals surface area contributed by atoms with Crippen LogP contribution in [-0.4, -0.2) is 63.7 Å². The van der Waals surface area contributed by atoms with E-state index in [0.29, 0.717) is 25.7 Å². The Labute approximate surface area is 142 Å². The molecule has 0 aromatic rings. The van der Waals surface area contributed by atoms with Gasteiger partial charge in [0.2, 0.25) is 5.91 Å². The zero-order valence-electron chi connectivity index (χ0n) is 14.1. The topological polar surface area (TPSA) is 150 Å². The van der Waals surface area contributed by atoms with Crippen molar-refractivity contribution in [1.82, 2.24) is 4.90 Å². The van der Waals surface area contributed by atoms with Gasteiger partial charge in [0.05, 0.1) is 6.04 Å². The molecule has 1 saturated heterocycles. The summed E-state index contributed by atoms with van der Waals surface area (Å²) in [4.78, 5) is 25.4. The lowest BCUT2D eigenvalue weighted by molar-refractivity contribution is -0.144. The first kappa shape index (κ1) is 20.6. The van der Waals surface area contributed by atoms with Crippen molar-refractivity contribution < 1.29 is 24.7 Å². The molecule has 0 spiro atoms. The fraction of sp³-hybridized carbons (Fsp3) is 0.733. The van der Waals surface area contributed by atoms with Crippen LogP contribution in [0.2, 0.25) is 6.32 Å². The average molecular weight is 341 g/mol. The van der Waals surface area contributed by atoms with E-state index in [1.165, 1.54) is 4.90 Å². The number of rotatable bonds is 9. The molecule has 1 rings (SSSR count).